The highest BCUT2D eigenvalue weighted by Crippen LogP contribution is 2.22. The molecule has 18 heavy (non-hydrogen) atoms. The summed E-state index contributed by atoms with van der Waals surface area (Å²) in [6, 6.07) is 7.58. The first-order valence-electron chi connectivity index (χ1n) is 5.00. The Morgan fingerprint density at radius 3 is 2.89 bits per heavy atom. The van der Waals surface area contributed by atoms with E-state index in [9.17, 15) is 0 Å². The summed E-state index contributed by atoms with van der Waals surface area (Å²) in [5, 5.41) is 10.2. The molecule has 0 radical (unpaired) electrons. The van der Waals surface area contributed by atoms with Gasteiger partial charge < -0.3 is 10.3 Å². The number of rotatable bonds is 2. The third-order valence-electron chi connectivity index (χ3n) is 2.21. The van der Waals surface area contributed by atoms with E-state index in [1.807, 2.05) is 24.3 Å². The number of hydrogen-bond donors (Lipinski definition) is 2. The van der Waals surface area contributed by atoms with Gasteiger partial charge in [0.1, 0.15) is 0 Å². The number of nitrogen functional groups attached to an aromatic ring is 1. The van der Waals surface area contributed by atoms with E-state index in [2.05, 4.69) is 41.3 Å². The van der Waals surface area contributed by atoms with Crippen LogP contribution in [-0.4, -0.2) is 25.3 Å². The van der Waals surface area contributed by atoms with Crippen molar-refractivity contribution in [3.63, 3.8) is 0 Å². The molecule has 8 heteroatoms. The summed E-state index contributed by atoms with van der Waals surface area (Å²) < 4.78 is 6.03. The Hall–Kier alpha value is -2.22. The number of nitrogens with one attached hydrogen (secondary N) is 1. The van der Waals surface area contributed by atoms with Crippen LogP contribution in [0.4, 0.5) is 5.95 Å². The van der Waals surface area contributed by atoms with E-state index in [1.165, 1.54) is 0 Å². The van der Waals surface area contributed by atoms with Gasteiger partial charge in [-0.25, -0.2) is 0 Å². The van der Waals surface area contributed by atoms with Crippen LogP contribution in [0.3, 0.4) is 0 Å². The van der Waals surface area contributed by atoms with Crippen molar-refractivity contribution in [2.24, 2.45) is 0 Å². The van der Waals surface area contributed by atoms with E-state index in [-0.39, 0.29) is 11.8 Å². The molecule has 1 aromatic carbocycles. The molecule has 2 aromatic heterocycles. The molecule has 0 spiro atoms. The number of nitrogens with two attached hydrogens (primary N) is 1. The molecule has 0 aliphatic carbocycles. The second kappa shape index (κ2) is 4.22. The molecule has 0 saturated heterocycles. The maximum atomic E-state index is 5.40. The van der Waals surface area contributed by atoms with Crippen molar-refractivity contribution < 1.29 is 4.52 Å². The zero-order chi connectivity index (χ0) is 12.5. The van der Waals surface area contributed by atoms with Gasteiger partial charge in [-0.15, -0.1) is 5.10 Å². The lowest BCUT2D eigenvalue weighted by atomic mass is 10.2. The van der Waals surface area contributed by atoms with Crippen molar-refractivity contribution in [3.05, 3.63) is 28.7 Å². The highest BCUT2D eigenvalue weighted by molar-refractivity contribution is 9.10. The van der Waals surface area contributed by atoms with E-state index in [0.29, 0.717) is 11.6 Å². The molecule has 0 atom stereocenters. The zero-order valence-electron chi connectivity index (χ0n) is 8.96. The van der Waals surface area contributed by atoms with Gasteiger partial charge in [0, 0.05) is 10.0 Å². The lowest BCUT2D eigenvalue weighted by molar-refractivity contribution is 0.429. The van der Waals surface area contributed by atoms with Crippen LogP contribution in [0.25, 0.3) is 23.1 Å². The Morgan fingerprint density at radius 1 is 1.28 bits per heavy atom. The van der Waals surface area contributed by atoms with E-state index in [1.54, 1.807) is 0 Å². The number of halogens is 1. The van der Waals surface area contributed by atoms with Gasteiger partial charge in [0.05, 0.1) is 0 Å². The summed E-state index contributed by atoms with van der Waals surface area (Å²) in [7, 11) is 0. The van der Waals surface area contributed by atoms with E-state index in [4.69, 9.17) is 10.3 Å². The van der Waals surface area contributed by atoms with Crippen molar-refractivity contribution in [3.8, 4) is 23.1 Å². The number of H-pyrrole nitrogens is 1. The van der Waals surface area contributed by atoms with Gasteiger partial charge >= 0.3 is 0 Å². The first kappa shape index (κ1) is 10.9. The van der Waals surface area contributed by atoms with Crippen LogP contribution in [0.5, 0.6) is 0 Å². The third-order valence-corrected chi connectivity index (χ3v) is 2.71. The fourth-order valence-corrected chi connectivity index (χ4v) is 1.83. The molecule has 0 aliphatic heterocycles. The van der Waals surface area contributed by atoms with E-state index in [0.717, 1.165) is 10.0 Å². The standard InChI is InChI=1S/C10H7BrN6O/c11-6-3-1-2-5(4-6)7-13-9(18-17-7)8-14-10(12)16-15-8/h1-4H,(H3,12,14,15,16). The lowest BCUT2D eigenvalue weighted by Gasteiger charge is -1.93. The normalized spacial score (nSPS) is 10.7. The predicted octanol–water partition coefficient (Wildman–Crippen LogP) is 1.87. The maximum absolute atomic E-state index is 5.40. The fraction of sp³-hybridized carbons (Fsp3) is 0. The van der Waals surface area contributed by atoms with Crippen LogP contribution in [0.15, 0.2) is 33.3 Å². The quantitative estimate of drug-likeness (QED) is 0.748. The van der Waals surface area contributed by atoms with Crippen LogP contribution >= 0.6 is 15.9 Å². The molecular weight excluding hydrogens is 300 g/mol. The van der Waals surface area contributed by atoms with Gasteiger partial charge in [0.15, 0.2) is 0 Å². The van der Waals surface area contributed by atoms with Crippen molar-refractivity contribution in [1.29, 1.82) is 0 Å². The molecular formula is C10H7BrN6O. The van der Waals surface area contributed by atoms with E-state index >= 15 is 0 Å². The topological polar surface area (TPSA) is 107 Å². The Labute approximate surface area is 110 Å². The second-order valence-corrected chi connectivity index (χ2v) is 4.39. The fourth-order valence-electron chi connectivity index (χ4n) is 1.43. The first-order chi connectivity index (χ1) is 8.72. The number of aromatic amines is 1. The summed E-state index contributed by atoms with van der Waals surface area (Å²) in [6.07, 6.45) is 0. The smallest absolute Gasteiger partial charge is 0.295 e. The SMILES string of the molecule is Nc1n[nH]c(-c2nc(-c3cccc(Br)c3)no2)n1. The van der Waals surface area contributed by atoms with Crippen LogP contribution in [0, 0.1) is 0 Å². The van der Waals surface area contributed by atoms with Crippen LogP contribution in [-0.2, 0) is 0 Å². The predicted molar refractivity (Wildman–Crippen MR) is 67.2 cm³/mol. The third kappa shape index (κ3) is 1.97. The molecule has 0 saturated carbocycles. The highest BCUT2D eigenvalue weighted by atomic mass is 79.9. The van der Waals surface area contributed by atoms with Crippen LogP contribution < -0.4 is 5.73 Å². The lowest BCUT2D eigenvalue weighted by Crippen LogP contribution is -1.85. The van der Waals surface area contributed by atoms with Crippen molar-refractivity contribution in [2.75, 3.05) is 5.73 Å². The molecule has 2 heterocycles. The summed E-state index contributed by atoms with van der Waals surface area (Å²) in [4.78, 5) is 8.13. The summed E-state index contributed by atoms with van der Waals surface area (Å²) >= 11 is 3.38. The van der Waals surface area contributed by atoms with Gasteiger partial charge in [-0.2, -0.15) is 9.97 Å². The van der Waals surface area contributed by atoms with Gasteiger partial charge in [0.2, 0.25) is 17.6 Å². The Kier molecular flexibility index (Phi) is 2.56. The minimum Gasteiger partial charge on any atom is -0.366 e. The molecule has 0 fully saturated rings. The summed E-state index contributed by atoms with van der Waals surface area (Å²) in [6.45, 7) is 0. The van der Waals surface area contributed by atoms with Gasteiger partial charge in [-0.3, -0.25) is 5.10 Å². The number of aromatic nitrogens is 5. The highest BCUT2D eigenvalue weighted by Gasteiger charge is 2.13. The molecule has 0 aliphatic rings. The molecule has 0 bridgehead atoms. The maximum Gasteiger partial charge on any atom is 0.295 e. The zero-order valence-corrected chi connectivity index (χ0v) is 10.5. The van der Waals surface area contributed by atoms with Crippen molar-refractivity contribution >= 4 is 21.9 Å². The number of nitrogens with zero attached hydrogens (tertiary/aromatic N) is 4. The minimum absolute atomic E-state index is 0.132. The van der Waals surface area contributed by atoms with E-state index < -0.39 is 0 Å². The molecule has 0 unspecified atom stereocenters. The Morgan fingerprint density at radius 2 is 2.17 bits per heavy atom. The molecule has 3 N–H and O–H groups in total. The van der Waals surface area contributed by atoms with Crippen LogP contribution in [0.1, 0.15) is 0 Å². The molecule has 0 amide bonds. The molecule has 90 valence electrons. The first-order valence-corrected chi connectivity index (χ1v) is 5.79. The Bertz CT molecular complexity index is 691. The summed E-state index contributed by atoms with van der Waals surface area (Å²) in [5.41, 5.74) is 6.24. The van der Waals surface area contributed by atoms with Gasteiger partial charge in [-0.1, -0.05) is 33.2 Å². The monoisotopic (exact) mass is 306 g/mol. The number of benzene rings is 1. The Balaban J connectivity index is 1.99. The molecule has 3 rings (SSSR count). The number of anilines is 1. The largest absolute Gasteiger partial charge is 0.366 e. The van der Waals surface area contributed by atoms with Crippen molar-refractivity contribution in [2.45, 2.75) is 0 Å². The number of hydrogen-bond acceptors (Lipinski definition) is 6. The van der Waals surface area contributed by atoms with Crippen molar-refractivity contribution in [1.82, 2.24) is 25.3 Å². The second-order valence-electron chi connectivity index (χ2n) is 3.48. The average Bonchev–Trinajstić information content (AvgIpc) is 2.97. The molecule has 3 aromatic rings. The average molecular weight is 307 g/mol. The minimum atomic E-state index is 0.132. The van der Waals surface area contributed by atoms with Gasteiger partial charge in [0.25, 0.3) is 5.89 Å². The van der Waals surface area contributed by atoms with Gasteiger partial charge in [-0.05, 0) is 12.1 Å². The van der Waals surface area contributed by atoms with Crippen LogP contribution in [0.2, 0.25) is 0 Å². The molecule has 7 nitrogen and oxygen atoms in total. The summed E-state index contributed by atoms with van der Waals surface area (Å²) in [5.74, 6) is 1.20.